The number of halogens is 1. The molecule has 30 heavy (non-hydrogen) atoms. The SMILES string of the molecule is CCNC(=NCCC(=O)NC1CCCC1)N1CCN(c2ccccc2OC)CC1.I. The number of hydrogen-bond donors (Lipinski definition) is 2. The standard InChI is InChI=1S/C22H35N5O2.HI/c1-3-23-22(24-13-12-21(28)25-18-8-4-5-9-18)27-16-14-26(15-17-27)19-10-6-7-11-20(19)29-2;/h6-7,10-11,18H,3-5,8-9,12-17H2,1-2H3,(H,23,24)(H,25,28);1H. The number of nitrogens with one attached hydrogen (secondary N) is 2. The number of piperazine rings is 1. The van der Waals surface area contributed by atoms with E-state index in [2.05, 4.69) is 33.4 Å². The third kappa shape index (κ3) is 6.92. The molecular weight excluding hydrogens is 493 g/mol. The molecule has 1 heterocycles. The highest BCUT2D eigenvalue weighted by Gasteiger charge is 2.22. The Bertz CT molecular complexity index is 686. The maximum Gasteiger partial charge on any atom is 0.222 e. The van der Waals surface area contributed by atoms with E-state index in [-0.39, 0.29) is 29.9 Å². The molecule has 2 N–H and O–H groups in total. The number of amides is 1. The van der Waals surface area contributed by atoms with Gasteiger partial charge in [-0.15, -0.1) is 24.0 Å². The van der Waals surface area contributed by atoms with Crippen LogP contribution in [0.4, 0.5) is 5.69 Å². The quantitative estimate of drug-likeness (QED) is 0.323. The van der Waals surface area contributed by atoms with Crippen molar-refractivity contribution in [3.05, 3.63) is 24.3 Å². The molecular formula is C22H36IN5O2. The van der Waals surface area contributed by atoms with Gasteiger partial charge < -0.3 is 25.2 Å². The summed E-state index contributed by atoms with van der Waals surface area (Å²) in [6.07, 6.45) is 5.15. The summed E-state index contributed by atoms with van der Waals surface area (Å²) >= 11 is 0. The Hall–Kier alpha value is -1.71. The molecule has 0 spiro atoms. The van der Waals surface area contributed by atoms with Crippen molar-refractivity contribution in [3.63, 3.8) is 0 Å². The van der Waals surface area contributed by atoms with E-state index in [1.165, 1.54) is 12.8 Å². The summed E-state index contributed by atoms with van der Waals surface area (Å²) in [6, 6.07) is 8.53. The van der Waals surface area contributed by atoms with Crippen LogP contribution in [0.5, 0.6) is 5.75 Å². The fraction of sp³-hybridized carbons (Fsp3) is 0.636. The monoisotopic (exact) mass is 529 g/mol. The number of guanidine groups is 1. The Balaban J connectivity index is 0.00000320. The summed E-state index contributed by atoms with van der Waals surface area (Å²) in [4.78, 5) is 21.5. The number of benzene rings is 1. The molecule has 1 saturated carbocycles. The van der Waals surface area contributed by atoms with Crippen molar-refractivity contribution in [3.8, 4) is 5.75 Å². The van der Waals surface area contributed by atoms with Crippen LogP contribution in [0.15, 0.2) is 29.3 Å². The van der Waals surface area contributed by atoms with Crippen LogP contribution in [0, 0.1) is 0 Å². The number of nitrogens with zero attached hydrogens (tertiary/aromatic N) is 3. The van der Waals surface area contributed by atoms with Gasteiger partial charge in [0.1, 0.15) is 5.75 Å². The minimum absolute atomic E-state index is 0. The molecule has 0 bridgehead atoms. The zero-order chi connectivity index (χ0) is 20.5. The zero-order valence-corrected chi connectivity index (χ0v) is 20.6. The van der Waals surface area contributed by atoms with E-state index in [4.69, 9.17) is 9.73 Å². The lowest BCUT2D eigenvalue weighted by molar-refractivity contribution is -0.121. The first-order valence-corrected chi connectivity index (χ1v) is 10.9. The number of ether oxygens (including phenoxy) is 1. The van der Waals surface area contributed by atoms with Gasteiger partial charge in [-0.3, -0.25) is 9.79 Å². The van der Waals surface area contributed by atoms with E-state index in [0.717, 1.165) is 63.0 Å². The van der Waals surface area contributed by atoms with E-state index in [1.807, 2.05) is 18.2 Å². The molecule has 0 atom stereocenters. The van der Waals surface area contributed by atoms with Crippen LogP contribution in [0.3, 0.4) is 0 Å². The maximum absolute atomic E-state index is 12.1. The van der Waals surface area contributed by atoms with Crippen LogP contribution in [0.1, 0.15) is 39.0 Å². The second kappa shape index (κ2) is 12.9. The van der Waals surface area contributed by atoms with E-state index in [1.54, 1.807) is 7.11 Å². The van der Waals surface area contributed by atoms with Gasteiger partial charge in [0.25, 0.3) is 0 Å². The third-order valence-corrected chi connectivity index (χ3v) is 5.66. The van der Waals surface area contributed by atoms with Crippen LogP contribution in [-0.2, 0) is 4.79 Å². The molecule has 1 aliphatic carbocycles. The van der Waals surface area contributed by atoms with Gasteiger partial charge in [-0.05, 0) is 31.9 Å². The summed E-state index contributed by atoms with van der Waals surface area (Å²) in [5.41, 5.74) is 1.14. The van der Waals surface area contributed by atoms with Gasteiger partial charge in [0.2, 0.25) is 5.91 Å². The van der Waals surface area contributed by atoms with Gasteiger partial charge in [0.15, 0.2) is 5.96 Å². The Labute approximate surface area is 197 Å². The Kier molecular flexibility index (Phi) is 10.5. The van der Waals surface area contributed by atoms with Crippen LogP contribution < -0.4 is 20.3 Å². The minimum atomic E-state index is 0. The van der Waals surface area contributed by atoms with E-state index >= 15 is 0 Å². The zero-order valence-electron chi connectivity index (χ0n) is 18.2. The van der Waals surface area contributed by atoms with Crippen molar-refractivity contribution in [2.75, 3.05) is 51.3 Å². The summed E-state index contributed by atoms with van der Waals surface area (Å²) in [6.45, 7) is 7.01. The van der Waals surface area contributed by atoms with Crippen molar-refractivity contribution in [1.82, 2.24) is 15.5 Å². The number of para-hydroxylation sites is 2. The highest BCUT2D eigenvalue weighted by molar-refractivity contribution is 14.0. The number of aliphatic imine (C=N–C) groups is 1. The lowest BCUT2D eigenvalue weighted by atomic mass is 10.2. The highest BCUT2D eigenvalue weighted by atomic mass is 127. The molecule has 7 nitrogen and oxygen atoms in total. The molecule has 0 radical (unpaired) electrons. The summed E-state index contributed by atoms with van der Waals surface area (Å²) in [5, 5.41) is 6.52. The predicted molar refractivity (Wildman–Crippen MR) is 133 cm³/mol. The highest BCUT2D eigenvalue weighted by Crippen LogP contribution is 2.28. The minimum Gasteiger partial charge on any atom is -0.495 e. The molecule has 1 saturated heterocycles. The van der Waals surface area contributed by atoms with Crippen molar-refractivity contribution >= 4 is 41.5 Å². The van der Waals surface area contributed by atoms with Gasteiger partial charge in [0, 0.05) is 45.2 Å². The first-order valence-electron chi connectivity index (χ1n) is 10.9. The molecule has 2 fully saturated rings. The molecule has 1 amide bonds. The van der Waals surface area contributed by atoms with Crippen LogP contribution in [0.2, 0.25) is 0 Å². The number of anilines is 1. The molecule has 2 aliphatic rings. The largest absolute Gasteiger partial charge is 0.495 e. The number of hydrogen-bond acceptors (Lipinski definition) is 4. The summed E-state index contributed by atoms with van der Waals surface area (Å²) in [5.74, 6) is 1.94. The normalized spacial score (nSPS) is 17.5. The predicted octanol–water partition coefficient (Wildman–Crippen LogP) is 2.85. The fourth-order valence-corrected chi connectivity index (χ4v) is 4.11. The Morgan fingerprint density at radius 1 is 1.17 bits per heavy atom. The van der Waals surface area contributed by atoms with Crippen molar-refractivity contribution in [2.45, 2.75) is 45.1 Å². The van der Waals surface area contributed by atoms with Gasteiger partial charge in [-0.25, -0.2) is 0 Å². The number of rotatable bonds is 7. The maximum atomic E-state index is 12.1. The van der Waals surface area contributed by atoms with Gasteiger partial charge in [0.05, 0.1) is 19.3 Å². The summed E-state index contributed by atoms with van der Waals surface area (Å²) < 4.78 is 5.51. The molecule has 168 valence electrons. The number of carbonyl (C=O) groups is 1. The van der Waals surface area contributed by atoms with E-state index in [9.17, 15) is 4.79 Å². The molecule has 0 aromatic heterocycles. The topological polar surface area (TPSA) is 69.2 Å². The fourth-order valence-electron chi connectivity index (χ4n) is 4.11. The molecule has 0 unspecified atom stereocenters. The Morgan fingerprint density at radius 3 is 2.53 bits per heavy atom. The van der Waals surface area contributed by atoms with Gasteiger partial charge in [-0.1, -0.05) is 25.0 Å². The lowest BCUT2D eigenvalue weighted by Crippen LogP contribution is -2.52. The second-order valence-electron chi connectivity index (χ2n) is 7.68. The Morgan fingerprint density at radius 2 is 1.87 bits per heavy atom. The summed E-state index contributed by atoms with van der Waals surface area (Å²) in [7, 11) is 1.72. The molecule has 1 aromatic rings. The van der Waals surface area contributed by atoms with E-state index < -0.39 is 0 Å². The van der Waals surface area contributed by atoms with Crippen molar-refractivity contribution in [2.24, 2.45) is 4.99 Å². The van der Waals surface area contributed by atoms with Crippen molar-refractivity contribution in [1.29, 1.82) is 0 Å². The van der Waals surface area contributed by atoms with Crippen LogP contribution >= 0.6 is 24.0 Å². The average Bonchev–Trinajstić information content (AvgIpc) is 3.26. The number of methoxy groups -OCH3 is 1. The van der Waals surface area contributed by atoms with Crippen LogP contribution in [0.25, 0.3) is 0 Å². The number of carbonyl (C=O) groups excluding carboxylic acids is 1. The first kappa shape index (κ1) is 24.6. The molecule has 1 aliphatic heterocycles. The second-order valence-corrected chi connectivity index (χ2v) is 7.68. The molecule has 1 aromatic carbocycles. The lowest BCUT2D eigenvalue weighted by Gasteiger charge is -2.38. The van der Waals surface area contributed by atoms with Gasteiger partial charge in [-0.2, -0.15) is 0 Å². The van der Waals surface area contributed by atoms with Gasteiger partial charge >= 0.3 is 0 Å². The molecule has 8 heteroatoms. The average molecular weight is 529 g/mol. The molecule has 3 rings (SSSR count). The van der Waals surface area contributed by atoms with Crippen LogP contribution in [-0.4, -0.2) is 69.2 Å². The smallest absolute Gasteiger partial charge is 0.222 e. The third-order valence-electron chi connectivity index (χ3n) is 5.66. The van der Waals surface area contributed by atoms with Crippen molar-refractivity contribution < 1.29 is 9.53 Å². The first-order chi connectivity index (χ1) is 14.2. The van der Waals surface area contributed by atoms with E-state index in [0.29, 0.717) is 19.0 Å².